The molecule has 1 N–H and O–H groups in total. The number of rotatable bonds is 5. The predicted octanol–water partition coefficient (Wildman–Crippen LogP) is 1.79. The number of aryl methyl sites for hydroxylation is 1. The van der Waals surface area contributed by atoms with Gasteiger partial charge in [0.15, 0.2) is 0 Å². The van der Waals surface area contributed by atoms with Crippen molar-refractivity contribution >= 4 is 5.91 Å². The van der Waals surface area contributed by atoms with Crippen molar-refractivity contribution in [2.45, 2.75) is 38.9 Å². The molecule has 1 saturated heterocycles. The summed E-state index contributed by atoms with van der Waals surface area (Å²) < 4.78 is 2.07. The van der Waals surface area contributed by atoms with E-state index >= 15 is 0 Å². The van der Waals surface area contributed by atoms with Gasteiger partial charge in [-0.25, -0.2) is 4.98 Å². The molecule has 0 aliphatic carbocycles. The fourth-order valence-corrected chi connectivity index (χ4v) is 3.14. The van der Waals surface area contributed by atoms with Gasteiger partial charge in [0, 0.05) is 38.6 Å². The summed E-state index contributed by atoms with van der Waals surface area (Å²) in [6.07, 6.45) is 8.01. The van der Waals surface area contributed by atoms with Crippen LogP contribution in [-0.4, -0.2) is 31.9 Å². The molecule has 0 radical (unpaired) electrons. The van der Waals surface area contributed by atoms with Gasteiger partial charge in [-0.05, 0) is 37.1 Å². The highest BCUT2D eigenvalue weighted by molar-refractivity contribution is 5.72. The van der Waals surface area contributed by atoms with Crippen LogP contribution in [0, 0.1) is 0 Å². The number of aromatic nitrogens is 3. The van der Waals surface area contributed by atoms with Crippen molar-refractivity contribution in [2.75, 3.05) is 6.54 Å². The number of imidazole rings is 1. The van der Waals surface area contributed by atoms with Crippen molar-refractivity contribution in [2.24, 2.45) is 7.05 Å². The zero-order valence-electron chi connectivity index (χ0n) is 13.7. The summed E-state index contributed by atoms with van der Waals surface area (Å²) in [7, 11) is 2.03. The Kier molecular flexibility index (Phi) is 4.71. The van der Waals surface area contributed by atoms with Gasteiger partial charge in [-0.1, -0.05) is 0 Å². The fraction of sp³-hybridized carbons (Fsp3) is 0.471. The molecule has 1 aliphatic rings. The SMILES string of the molecule is CC(=O)NCc1cc(C2CCCN2Cc2nccn2C)ccn1. The molecule has 23 heavy (non-hydrogen) atoms. The van der Waals surface area contributed by atoms with Crippen LogP contribution in [0.5, 0.6) is 0 Å². The second-order valence-electron chi connectivity index (χ2n) is 6.07. The minimum atomic E-state index is -0.0329. The first kappa shape index (κ1) is 15.7. The maximum absolute atomic E-state index is 11.1. The number of nitrogens with zero attached hydrogens (tertiary/aromatic N) is 4. The second kappa shape index (κ2) is 6.91. The third-order valence-corrected chi connectivity index (χ3v) is 4.37. The van der Waals surface area contributed by atoms with E-state index in [0.717, 1.165) is 31.0 Å². The summed E-state index contributed by atoms with van der Waals surface area (Å²) in [4.78, 5) is 22.3. The first-order valence-corrected chi connectivity index (χ1v) is 8.03. The van der Waals surface area contributed by atoms with Crippen LogP contribution in [0.15, 0.2) is 30.7 Å². The quantitative estimate of drug-likeness (QED) is 0.914. The Bertz CT molecular complexity index is 681. The summed E-state index contributed by atoms with van der Waals surface area (Å²) in [6.45, 7) is 3.95. The van der Waals surface area contributed by atoms with Crippen LogP contribution in [0.2, 0.25) is 0 Å². The number of carbonyl (C=O) groups is 1. The van der Waals surface area contributed by atoms with Crippen LogP contribution in [0.4, 0.5) is 0 Å². The van der Waals surface area contributed by atoms with E-state index in [4.69, 9.17) is 0 Å². The lowest BCUT2D eigenvalue weighted by Crippen LogP contribution is -2.25. The lowest BCUT2D eigenvalue weighted by molar-refractivity contribution is -0.119. The molecule has 0 aromatic carbocycles. The van der Waals surface area contributed by atoms with E-state index in [0.29, 0.717) is 12.6 Å². The molecular weight excluding hydrogens is 290 g/mol. The van der Waals surface area contributed by atoms with Crippen molar-refractivity contribution in [1.82, 2.24) is 24.8 Å². The maximum atomic E-state index is 11.1. The van der Waals surface area contributed by atoms with E-state index in [9.17, 15) is 4.79 Å². The summed E-state index contributed by atoms with van der Waals surface area (Å²) in [5.41, 5.74) is 2.17. The molecule has 3 heterocycles. The van der Waals surface area contributed by atoms with Gasteiger partial charge < -0.3 is 9.88 Å². The molecule has 0 spiro atoms. The van der Waals surface area contributed by atoms with Crippen molar-refractivity contribution in [1.29, 1.82) is 0 Å². The van der Waals surface area contributed by atoms with Gasteiger partial charge in [-0.15, -0.1) is 0 Å². The highest BCUT2D eigenvalue weighted by atomic mass is 16.1. The highest BCUT2D eigenvalue weighted by Crippen LogP contribution is 2.32. The normalized spacial score (nSPS) is 18.3. The van der Waals surface area contributed by atoms with Gasteiger partial charge >= 0.3 is 0 Å². The second-order valence-corrected chi connectivity index (χ2v) is 6.07. The smallest absolute Gasteiger partial charge is 0.217 e. The molecule has 6 nitrogen and oxygen atoms in total. The van der Waals surface area contributed by atoms with Gasteiger partial charge in [-0.3, -0.25) is 14.7 Å². The molecule has 122 valence electrons. The molecule has 3 rings (SSSR count). The Labute approximate surface area is 136 Å². The lowest BCUT2D eigenvalue weighted by atomic mass is 10.0. The van der Waals surface area contributed by atoms with Gasteiger partial charge in [0.1, 0.15) is 5.82 Å². The van der Waals surface area contributed by atoms with Crippen molar-refractivity contribution < 1.29 is 4.79 Å². The van der Waals surface area contributed by atoms with Crippen LogP contribution in [-0.2, 0) is 24.9 Å². The van der Waals surface area contributed by atoms with Crippen LogP contribution in [0.1, 0.15) is 42.9 Å². The molecule has 1 aliphatic heterocycles. The molecule has 1 amide bonds. The zero-order valence-corrected chi connectivity index (χ0v) is 13.7. The fourth-order valence-electron chi connectivity index (χ4n) is 3.14. The van der Waals surface area contributed by atoms with Gasteiger partial charge in [-0.2, -0.15) is 0 Å². The molecule has 0 bridgehead atoms. The van der Waals surface area contributed by atoms with E-state index in [1.54, 1.807) is 0 Å². The van der Waals surface area contributed by atoms with Gasteiger partial charge in [0.2, 0.25) is 5.91 Å². The summed E-state index contributed by atoms with van der Waals surface area (Å²) >= 11 is 0. The van der Waals surface area contributed by atoms with Crippen molar-refractivity contribution in [3.8, 4) is 0 Å². The average Bonchev–Trinajstić information content (AvgIpc) is 3.16. The Morgan fingerprint density at radius 2 is 2.26 bits per heavy atom. The standard InChI is InChI=1S/C17H23N5O/c1-13(23)20-11-15-10-14(5-6-18-15)16-4-3-8-22(16)12-17-19-7-9-21(17)2/h5-7,9-10,16H,3-4,8,11-12H2,1-2H3,(H,20,23). The number of likely N-dealkylation sites (tertiary alicyclic amines) is 1. The molecule has 6 heteroatoms. The van der Waals surface area contributed by atoms with Crippen molar-refractivity contribution in [3.05, 3.63) is 47.8 Å². The van der Waals surface area contributed by atoms with Crippen molar-refractivity contribution in [3.63, 3.8) is 0 Å². The Morgan fingerprint density at radius 3 is 3.00 bits per heavy atom. The molecule has 2 aromatic heterocycles. The Balaban J connectivity index is 1.73. The van der Waals surface area contributed by atoms with E-state index in [2.05, 4.69) is 36.9 Å². The largest absolute Gasteiger partial charge is 0.351 e. The lowest BCUT2D eigenvalue weighted by Gasteiger charge is -2.24. The zero-order chi connectivity index (χ0) is 16.2. The number of hydrogen-bond donors (Lipinski definition) is 1. The first-order valence-electron chi connectivity index (χ1n) is 8.03. The molecular formula is C17H23N5O. The molecule has 1 unspecified atom stereocenters. The van der Waals surface area contributed by atoms with E-state index in [-0.39, 0.29) is 5.91 Å². The molecule has 2 aromatic rings. The van der Waals surface area contributed by atoms with Gasteiger partial charge in [0.05, 0.1) is 18.8 Å². The molecule has 1 fully saturated rings. The number of hydrogen-bond acceptors (Lipinski definition) is 4. The summed E-state index contributed by atoms with van der Waals surface area (Å²) in [5.74, 6) is 1.05. The van der Waals surface area contributed by atoms with E-state index in [1.807, 2.05) is 25.6 Å². The number of amides is 1. The van der Waals surface area contributed by atoms with Crippen LogP contribution in [0.25, 0.3) is 0 Å². The van der Waals surface area contributed by atoms with Crippen LogP contribution in [0.3, 0.4) is 0 Å². The minimum absolute atomic E-state index is 0.0329. The molecule has 0 saturated carbocycles. The topological polar surface area (TPSA) is 63.1 Å². The number of carbonyl (C=O) groups excluding carboxylic acids is 1. The van der Waals surface area contributed by atoms with E-state index < -0.39 is 0 Å². The Hall–Kier alpha value is -2.21. The summed E-state index contributed by atoms with van der Waals surface area (Å²) in [6, 6.07) is 4.58. The first-order chi connectivity index (χ1) is 11.1. The van der Waals surface area contributed by atoms with Crippen LogP contribution >= 0.6 is 0 Å². The monoisotopic (exact) mass is 313 g/mol. The van der Waals surface area contributed by atoms with E-state index in [1.165, 1.54) is 18.9 Å². The molecule has 1 atom stereocenters. The summed E-state index contributed by atoms with van der Waals surface area (Å²) in [5, 5.41) is 2.81. The predicted molar refractivity (Wildman–Crippen MR) is 87.4 cm³/mol. The number of nitrogens with one attached hydrogen (secondary N) is 1. The Morgan fingerprint density at radius 1 is 1.39 bits per heavy atom. The minimum Gasteiger partial charge on any atom is -0.351 e. The third-order valence-electron chi connectivity index (χ3n) is 4.37. The van der Waals surface area contributed by atoms with Crippen LogP contribution < -0.4 is 5.32 Å². The third kappa shape index (κ3) is 3.76. The van der Waals surface area contributed by atoms with Gasteiger partial charge in [0.25, 0.3) is 0 Å². The maximum Gasteiger partial charge on any atom is 0.217 e. The number of pyridine rings is 1. The average molecular weight is 313 g/mol. The highest BCUT2D eigenvalue weighted by Gasteiger charge is 2.27.